The van der Waals surface area contributed by atoms with Crippen LogP contribution in [0.5, 0.6) is 0 Å². The number of nitrogens with one attached hydrogen (secondary N) is 2. The summed E-state index contributed by atoms with van der Waals surface area (Å²) in [5.74, 6) is 2.09. The van der Waals surface area contributed by atoms with Gasteiger partial charge in [-0.25, -0.2) is 0 Å². The Morgan fingerprint density at radius 1 is 0.500 bits per heavy atom. The molecule has 20 nitrogen and oxygen atoms in total. The van der Waals surface area contributed by atoms with Gasteiger partial charge < -0.3 is 107 Å². The first-order chi connectivity index (χ1) is 30.7. The molecule has 0 aromatic rings. The second kappa shape index (κ2) is 29.9. The SMILES string of the molecule is C=C(CCSCC1O[C@@H]2OC3C(CO)O[C@H](OCCCCC1[C@H](O)C2O)C(O)[C@H]3O)N[CH2-].C=C(CCSCC1O[C@@H]2OC3C(CO)O[C@H](OCCCCC1[C@H](O)C2O)C(O)[C@H]3O)N[CH2-].[CH3-].[W]. The Bertz CT molecular complexity index is 1300. The monoisotopic (exact) mass is 1160 g/mol. The van der Waals surface area contributed by atoms with E-state index in [1.807, 2.05) is 0 Å². The van der Waals surface area contributed by atoms with Crippen LogP contribution in [-0.2, 0) is 59.0 Å². The molecule has 0 radical (unpaired) electrons. The van der Waals surface area contributed by atoms with Crippen molar-refractivity contribution in [2.45, 2.75) is 162 Å². The van der Waals surface area contributed by atoms with Crippen molar-refractivity contribution < 1.29 is 110 Å². The number of aliphatic hydroxyl groups excluding tert-OH is 10. The fourth-order valence-electron chi connectivity index (χ4n) is 8.60. The number of thioether (sulfide) groups is 2. The maximum absolute atomic E-state index is 10.9. The van der Waals surface area contributed by atoms with Gasteiger partial charge in [-0.2, -0.15) is 23.5 Å². The van der Waals surface area contributed by atoms with E-state index in [0.29, 0.717) is 50.0 Å². The van der Waals surface area contributed by atoms with Gasteiger partial charge in [-0.3, -0.25) is 14.1 Å². The Labute approximate surface area is 411 Å². The molecule has 66 heavy (non-hydrogen) atoms. The summed E-state index contributed by atoms with van der Waals surface area (Å²) in [4.78, 5) is 0. The summed E-state index contributed by atoms with van der Waals surface area (Å²) in [6, 6.07) is 0. The molecule has 12 heterocycles. The minimum Gasteiger partial charge on any atom is -0.542 e. The summed E-state index contributed by atoms with van der Waals surface area (Å²) < 4.78 is 46.1. The third-order valence-electron chi connectivity index (χ3n) is 12.5. The first-order valence-corrected chi connectivity index (χ1v) is 24.4. The molecule has 23 heteroatoms. The Hall–Kier alpha value is -0.252. The standard InChI is InChI=1S/2C21H36NO9S.CH3.W/c2*1-11(22-2)6-8-32-10-14-12-5-3-4-7-28-20-18(27)16(25)19(13(9-23)29-20)31-21(30-14)17(26)15(12)24;;/h2*12-27H,1-10H2;1H3;/q3*-1;/t2*12?,13?,14?,15-,16+,17?,18?,19?,20-,21+;;/m00../s1. The minimum absolute atomic E-state index is 0. The number of allylic oxidation sites excluding steroid dienone is 2. The first-order valence-electron chi connectivity index (χ1n) is 22.1. The van der Waals surface area contributed by atoms with Gasteiger partial charge in [0.05, 0.1) is 37.6 Å². The normalized spacial score (nSPS) is 41.8. The maximum atomic E-state index is 10.9. The van der Waals surface area contributed by atoms with Crippen molar-refractivity contribution in [3.8, 4) is 0 Å². The Balaban J connectivity index is 0.000000340. The summed E-state index contributed by atoms with van der Waals surface area (Å²) in [6.07, 6.45) is -15.1. The molecule has 12 unspecified atom stereocenters. The van der Waals surface area contributed by atoms with Gasteiger partial charge >= 0.3 is 0 Å². The zero-order valence-electron chi connectivity index (χ0n) is 37.7. The molecule has 0 amide bonds. The maximum Gasteiger partial charge on any atom is 0.186 e. The van der Waals surface area contributed by atoms with Crippen molar-refractivity contribution in [3.63, 3.8) is 0 Å². The van der Waals surface area contributed by atoms with Gasteiger partial charge in [0.1, 0.15) is 61.0 Å². The zero-order valence-corrected chi connectivity index (χ0v) is 42.2. The van der Waals surface area contributed by atoms with Crippen LogP contribution in [0.4, 0.5) is 0 Å². The van der Waals surface area contributed by atoms with Crippen molar-refractivity contribution >= 4 is 23.5 Å². The van der Waals surface area contributed by atoms with Crippen LogP contribution in [0.2, 0.25) is 0 Å². The van der Waals surface area contributed by atoms with Crippen LogP contribution >= 0.6 is 23.5 Å². The van der Waals surface area contributed by atoms with E-state index in [-0.39, 0.29) is 53.5 Å². The van der Waals surface area contributed by atoms with Gasteiger partial charge in [0.15, 0.2) is 25.2 Å². The number of aliphatic hydroxyl groups is 10. The first kappa shape index (κ1) is 60.1. The molecule has 0 aliphatic carbocycles. The van der Waals surface area contributed by atoms with Gasteiger partial charge in [-0.1, -0.05) is 26.0 Å². The molecule has 12 N–H and O–H groups in total. The fourth-order valence-corrected chi connectivity index (χ4v) is 10.8. The predicted octanol–water partition coefficient (Wildman–Crippen LogP) is -1.37. The quantitative estimate of drug-likeness (QED) is 0.0706. The molecular formula is C43H75N2O18S2W-3. The number of hydrogen-bond acceptors (Lipinski definition) is 22. The summed E-state index contributed by atoms with van der Waals surface area (Å²) in [6.45, 7) is 7.26. The fraction of sp³-hybridized carbons (Fsp3) is 0.837. The summed E-state index contributed by atoms with van der Waals surface area (Å²) in [5, 5.41) is 110. The molecule has 0 aromatic heterocycles. The number of ether oxygens (including phenoxy) is 8. The van der Waals surface area contributed by atoms with Crippen molar-refractivity contribution in [2.75, 3.05) is 49.4 Å². The molecule has 12 rings (SSSR count). The van der Waals surface area contributed by atoms with Gasteiger partial charge in [-0.15, -0.1) is 0 Å². The van der Waals surface area contributed by atoms with E-state index in [0.717, 1.165) is 35.7 Å². The van der Waals surface area contributed by atoms with Crippen molar-refractivity contribution in [2.24, 2.45) is 11.8 Å². The van der Waals surface area contributed by atoms with Crippen LogP contribution in [0.15, 0.2) is 24.6 Å². The largest absolute Gasteiger partial charge is 0.542 e. The third kappa shape index (κ3) is 15.9. The third-order valence-corrected chi connectivity index (χ3v) is 14.6. The van der Waals surface area contributed by atoms with Crippen LogP contribution in [0, 0.1) is 33.4 Å². The molecule has 20 atom stereocenters. The van der Waals surface area contributed by atoms with Crippen LogP contribution in [0.25, 0.3) is 0 Å². The Morgan fingerprint density at radius 3 is 1.20 bits per heavy atom. The molecule has 8 bridgehead atoms. The van der Waals surface area contributed by atoms with Gasteiger partial charge in [0.25, 0.3) is 0 Å². The topological polar surface area (TPSA) is 300 Å². The zero-order chi connectivity index (χ0) is 46.5. The molecule has 0 aromatic carbocycles. The second-order valence-electron chi connectivity index (χ2n) is 16.9. The van der Waals surface area contributed by atoms with Crippen LogP contribution in [0.3, 0.4) is 0 Å². The number of hydrogen-bond donors (Lipinski definition) is 12. The van der Waals surface area contributed by atoms with E-state index in [1.165, 1.54) is 0 Å². The summed E-state index contributed by atoms with van der Waals surface area (Å²) >= 11 is 3.26. The second-order valence-corrected chi connectivity index (χ2v) is 19.2. The average Bonchev–Trinajstić information content (AvgIpc) is 3.29. The molecule has 386 valence electrons. The van der Waals surface area contributed by atoms with Gasteiger partial charge in [0, 0.05) is 57.6 Å². The molecule has 12 saturated heterocycles. The van der Waals surface area contributed by atoms with E-state index in [1.54, 1.807) is 23.5 Å². The van der Waals surface area contributed by atoms with Gasteiger partial charge in [-0.05, 0) is 61.4 Å². The van der Waals surface area contributed by atoms with E-state index in [9.17, 15) is 51.1 Å². The van der Waals surface area contributed by atoms with Crippen LogP contribution in [0.1, 0.15) is 51.4 Å². The smallest absolute Gasteiger partial charge is 0.186 e. The summed E-state index contributed by atoms with van der Waals surface area (Å²) in [7, 11) is 7.16. The van der Waals surface area contributed by atoms with Crippen molar-refractivity contribution in [3.05, 3.63) is 46.1 Å². The Kier molecular flexibility index (Phi) is 27.2. The van der Waals surface area contributed by atoms with Gasteiger partial charge in [0.2, 0.25) is 0 Å². The van der Waals surface area contributed by atoms with E-state index in [2.05, 4.69) is 37.9 Å². The average molecular weight is 1160 g/mol. The van der Waals surface area contributed by atoms with Crippen molar-refractivity contribution in [1.82, 2.24) is 10.6 Å². The molecule has 12 fully saturated rings. The van der Waals surface area contributed by atoms with E-state index >= 15 is 0 Å². The van der Waals surface area contributed by atoms with E-state index < -0.39 is 124 Å². The molecule has 12 aliphatic rings. The minimum atomic E-state index is -1.44. The Morgan fingerprint density at radius 2 is 0.848 bits per heavy atom. The molecule has 0 spiro atoms. The molecular weight excluding hydrogens is 1080 g/mol. The van der Waals surface area contributed by atoms with Crippen molar-refractivity contribution in [1.29, 1.82) is 0 Å². The number of rotatable bonds is 14. The van der Waals surface area contributed by atoms with E-state index in [4.69, 9.17) is 37.9 Å². The molecule has 12 aliphatic heterocycles. The van der Waals surface area contributed by atoms with Crippen LogP contribution < -0.4 is 10.6 Å². The van der Waals surface area contributed by atoms with Crippen LogP contribution in [-0.4, -0.2) is 211 Å². The predicted molar refractivity (Wildman–Crippen MR) is 239 cm³/mol. The summed E-state index contributed by atoms with van der Waals surface area (Å²) in [5.41, 5.74) is 1.64. The molecule has 0 saturated carbocycles.